The van der Waals surface area contributed by atoms with Crippen molar-refractivity contribution in [3.63, 3.8) is 0 Å². The predicted octanol–water partition coefficient (Wildman–Crippen LogP) is 1.53. The largest absolute Gasteiger partial charge is 0.481 e. The maximum Gasteiger partial charge on any atom is 0.335 e. The molecule has 0 radical (unpaired) electrons. The van der Waals surface area contributed by atoms with Gasteiger partial charge in [0.05, 0.1) is 20.3 Å². The van der Waals surface area contributed by atoms with Gasteiger partial charge in [-0.1, -0.05) is 0 Å². The molecule has 0 saturated carbocycles. The van der Waals surface area contributed by atoms with Crippen molar-refractivity contribution in [3.05, 3.63) is 30.1 Å². The Labute approximate surface area is 207 Å². The highest BCUT2D eigenvalue weighted by Crippen LogP contribution is 2.40. The van der Waals surface area contributed by atoms with Gasteiger partial charge in [-0.25, -0.2) is 27.1 Å². The molecular weight excluding hydrogens is 592 g/mol. The molecule has 2 N–H and O–H groups in total. The number of hydrogen-bond acceptors (Lipinski definition) is 11. The van der Waals surface area contributed by atoms with Gasteiger partial charge in [0.15, 0.2) is 6.17 Å². The molecule has 0 aromatic carbocycles. The normalized spacial score (nSPS) is 13.8. The first-order valence-corrected chi connectivity index (χ1v) is 11.8. The molecule has 2 unspecified atom stereocenters. The Morgan fingerprint density at radius 3 is 2.35 bits per heavy atom. The summed E-state index contributed by atoms with van der Waals surface area (Å²) in [5.74, 6) is -1.18. The number of sulfonamides is 1. The molecule has 2 heterocycles. The van der Waals surface area contributed by atoms with Crippen molar-refractivity contribution in [2.45, 2.75) is 21.6 Å². The summed E-state index contributed by atoms with van der Waals surface area (Å²) >= 11 is 1.44. The second kappa shape index (κ2) is 11.5. The van der Waals surface area contributed by atoms with Gasteiger partial charge in [-0.2, -0.15) is 9.97 Å². The Kier molecular flexibility index (Phi) is 9.28. The number of alkyl halides is 2. The Morgan fingerprint density at radius 2 is 1.82 bits per heavy atom. The molecule has 34 heavy (non-hydrogen) atoms. The second-order valence-corrected chi connectivity index (χ2v) is 9.61. The smallest absolute Gasteiger partial charge is 0.335 e. The number of carbonyl (C=O) groups is 2. The summed E-state index contributed by atoms with van der Waals surface area (Å²) in [4.78, 5) is 35.4. The highest BCUT2D eigenvalue weighted by molar-refractivity contribution is 14.1. The van der Waals surface area contributed by atoms with Gasteiger partial charge in [-0.3, -0.25) is 10.3 Å². The lowest BCUT2D eigenvalue weighted by atomic mass is 10.1. The molecule has 2 aromatic rings. The van der Waals surface area contributed by atoms with Crippen molar-refractivity contribution in [1.82, 2.24) is 19.7 Å². The molecule has 0 bridgehead atoms. The third kappa shape index (κ3) is 6.60. The average molecular weight is 613 g/mol. The van der Waals surface area contributed by atoms with Crippen LogP contribution in [0.5, 0.6) is 11.8 Å². The van der Waals surface area contributed by atoms with E-state index in [1.54, 1.807) is 4.72 Å². The fourth-order valence-corrected chi connectivity index (χ4v) is 4.45. The number of ether oxygens (including phenoxy) is 4. The zero-order valence-electron chi connectivity index (χ0n) is 18.4. The number of amides is 2. The predicted molar refractivity (Wildman–Crippen MR) is 123 cm³/mol. The van der Waals surface area contributed by atoms with Crippen LogP contribution in [-0.2, 0) is 27.9 Å². The van der Waals surface area contributed by atoms with Gasteiger partial charge in [0.1, 0.15) is 17.2 Å². The Balaban J connectivity index is 2.37. The van der Waals surface area contributed by atoms with E-state index in [0.717, 1.165) is 13.0 Å². The Morgan fingerprint density at radius 1 is 1.21 bits per heavy atom. The number of hydrogen-bond donors (Lipinski definition) is 2. The maximum atomic E-state index is 14.6. The van der Waals surface area contributed by atoms with E-state index < -0.39 is 49.0 Å². The number of rotatable bonds is 10. The van der Waals surface area contributed by atoms with Crippen LogP contribution in [0.15, 0.2) is 29.3 Å². The summed E-state index contributed by atoms with van der Waals surface area (Å²) in [5, 5.41) is 2.14. The molecule has 2 aromatic heterocycles. The first-order valence-electron chi connectivity index (χ1n) is 9.27. The molecule has 2 amide bonds. The third-order valence-corrected chi connectivity index (χ3v) is 6.92. The van der Waals surface area contributed by atoms with Crippen LogP contribution in [0.3, 0.4) is 0 Å². The molecule has 0 saturated heterocycles. The number of halogens is 2. The number of aromatic nitrogens is 3. The number of nitrogens with one attached hydrogen (secondary N) is 2. The summed E-state index contributed by atoms with van der Waals surface area (Å²) in [7, 11) is -0.769. The van der Waals surface area contributed by atoms with Crippen LogP contribution >= 0.6 is 22.6 Å². The van der Waals surface area contributed by atoms with Crippen LogP contribution < -0.4 is 19.5 Å². The second-order valence-electron chi connectivity index (χ2n) is 6.35. The van der Waals surface area contributed by atoms with Crippen LogP contribution in [0.1, 0.15) is 12.6 Å². The first-order chi connectivity index (χ1) is 16.0. The molecule has 0 spiro atoms. The molecule has 186 valence electrons. The minimum absolute atomic E-state index is 0.0454. The Hall–Kier alpha value is -2.86. The lowest BCUT2D eigenvalue weighted by molar-refractivity contribution is -0.159. The topological polar surface area (TPSA) is 168 Å². The van der Waals surface area contributed by atoms with E-state index in [4.69, 9.17) is 14.2 Å². The fourth-order valence-electron chi connectivity index (χ4n) is 2.47. The van der Waals surface area contributed by atoms with Crippen molar-refractivity contribution >= 4 is 50.6 Å². The molecule has 13 nitrogen and oxygen atoms in total. The van der Waals surface area contributed by atoms with Crippen LogP contribution in [-0.4, -0.2) is 69.5 Å². The van der Waals surface area contributed by atoms with Crippen molar-refractivity contribution in [1.29, 1.82) is 0 Å². The van der Waals surface area contributed by atoms with E-state index in [-0.39, 0.29) is 17.7 Å². The Bertz CT molecular complexity index is 1130. The quantitative estimate of drug-likeness (QED) is 0.227. The SMILES string of the molecule is COCC(=O)OC(I)(c1ncccc1S(=O)(=O)NC(=O)Nc1nc(OC)cc(OC)n1)C(C)F. The van der Waals surface area contributed by atoms with Crippen molar-refractivity contribution in [3.8, 4) is 11.8 Å². The molecule has 2 atom stereocenters. The maximum absolute atomic E-state index is 14.6. The van der Waals surface area contributed by atoms with Crippen molar-refractivity contribution in [2.75, 3.05) is 33.3 Å². The average Bonchev–Trinajstić information content (AvgIpc) is 2.78. The van der Waals surface area contributed by atoms with E-state index in [1.807, 2.05) is 0 Å². The molecule has 0 aliphatic rings. The zero-order chi connectivity index (χ0) is 25.5. The third-order valence-electron chi connectivity index (χ3n) is 3.97. The van der Waals surface area contributed by atoms with E-state index in [2.05, 4.69) is 25.0 Å². The van der Waals surface area contributed by atoms with Crippen molar-refractivity contribution in [2.24, 2.45) is 0 Å². The highest BCUT2D eigenvalue weighted by atomic mass is 127. The van der Waals surface area contributed by atoms with Gasteiger partial charge < -0.3 is 18.9 Å². The highest BCUT2D eigenvalue weighted by Gasteiger charge is 2.45. The zero-order valence-corrected chi connectivity index (χ0v) is 21.3. The number of nitrogens with zero attached hydrogens (tertiary/aromatic N) is 3. The van der Waals surface area contributed by atoms with E-state index in [0.29, 0.717) is 0 Å². The molecule has 0 fully saturated rings. The van der Waals surface area contributed by atoms with Gasteiger partial charge in [-0.05, 0) is 41.6 Å². The molecule has 0 aliphatic carbocycles. The van der Waals surface area contributed by atoms with E-state index >= 15 is 0 Å². The molecular formula is C18H21FIN5O8S. The van der Waals surface area contributed by atoms with Crippen LogP contribution in [0.25, 0.3) is 0 Å². The number of anilines is 1. The van der Waals surface area contributed by atoms with Gasteiger partial charge in [0.2, 0.25) is 21.3 Å². The number of methoxy groups -OCH3 is 3. The van der Waals surface area contributed by atoms with E-state index in [1.165, 1.54) is 62.2 Å². The van der Waals surface area contributed by atoms with Crippen molar-refractivity contribution < 1.29 is 41.3 Å². The number of pyridine rings is 1. The standard InChI is InChI=1S/C18H21FIN5O8S/c1-10(19)18(20,33-14(26)9-30-2)15-11(6-5-7-21-15)34(28,29)25-17(27)24-16-22-12(31-3)8-13(23-16)32-4/h5-8,10H,9H2,1-4H3,(H2,22,23,24,25,27). The minimum Gasteiger partial charge on any atom is -0.481 e. The number of carbonyl (C=O) groups excluding carboxylic acids is 2. The minimum atomic E-state index is -4.64. The number of urea groups is 1. The summed E-state index contributed by atoms with van der Waals surface area (Å²) < 4.78 is 59.9. The first kappa shape index (κ1) is 27.4. The monoisotopic (exact) mass is 613 g/mol. The van der Waals surface area contributed by atoms with Crippen LogP contribution in [0, 0.1) is 0 Å². The van der Waals surface area contributed by atoms with Gasteiger partial charge in [0.25, 0.3) is 10.0 Å². The van der Waals surface area contributed by atoms with Gasteiger partial charge >= 0.3 is 12.0 Å². The van der Waals surface area contributed by atoms with Crippen LogP contribution in [0.2, 0.25) is 0 Å². The summed E-state index contributed by atoms with van der Waals surface area (Å²) in [6.45, 7) is 0.558. The summed E-state index contributed by atoms with van der Waals surface area (Å²) in [6.07, 6.45) is -0.714. The lowest BCUT2D eigenvalue weighted by Crippen LogP contribution is -2.40. The van der Waals surface area contributed by atoms with Crippen LogP contribution in [0.4, 0.5) is 15.1 Å². The van der Waals surface area contributed by atoms with Gasteiger partial charge in [0, 0.05) is 13.3 Å². The van der Waals surface area contributed by atoms with E-state index in [9.17, 15) is 22.4 Å². The molecule has 16 heteroatoms. The summed E-state index contributed by atoms with van der Waals surface area (Å²) in [6, 6.07) is 2.42. The lowest BCUT2D eigenvalue weighted by Gasteiger charge is -2.29. The van der Waals surface area contributed by atoms with Gasteiger partial charge in [-0.15, -0.1) is 0 Å². The fraction of sp³-hybridized carbons (Fsp3) is 0.389. The molecule has 0 aliphatic heterocycles. The number of esters is 1. The summed E-state index contributed by atoms with van der Waals surface area (Å²) in [5.41, 5.74) is -0.449. The molecule has 2 rings (SSSR count).